The third-order valence-electron chi connectivity index (χ3n) is 4.35. The molecule has 0 fully saturated rings. The molecule has 2 aromatic rings. The van der Waals surface area contributed by atoms with Crippen LogP contribution in [0.2, 0.25) is 0 Å². The molecule has 3 heterocycles. The van der Waals surface area contributed by atoms with Gasteiger partial charge >= 0.3 is 12.1 Å². The van der Waals surface area contributed by atoms with Gasteiger partial charge in [-0.05, 0) is 6.07 Å². The zero-order valence-corrected chi connectivity index (χ0v) is 13.4. The van der Waals surface area contributed by atoms with Gasteiger partial charge in [-0.3, -0.25) is 4.79 Å². The van der Waals surface area contributed by atoms with E-state index in [1.807, 2.05) is 18.2 Å². The Hall–Kier alpha value is -1.34. The lowest BCUT2D eigenvalue weighted by Crippen LogP contribution is -2.43. The Balaban J connectivity index is 1.82. The zero-order valence-electron chi connectivity index (χ0n) is 11.9. The lowest BCUT2D eigenvalue weighted by Gasteiger charge is -2.29. The minimum Gasteiger partial charge on any atom is -0.341 e. The number of fused-ring (bicyclic) bond motifs is 3. The molecule has 2 aliphatic rings. The number of halogens is 4. The van der Waals surface area contributed by atoms with Gasteiger partial charge in [0.25, 0.3) is 0 Å². The van der Waals surface area contributed by atoms with E-state index in [-0.39, 0.29) is 17.8 Å². The van der Waals surface area contributed by atoms with E-state index >= 15 is 0 Å². The molecule has 1 aromatic heterocycles. The van der Waals surface area contributed by atoms with Crippen molar-refractivity contribution in [3.63, 3.8) is 0 Å². The number of hydrogen-bond donors (Lipinski definition) is 0. The first-order chi connectivity index (χ1) is 10.9. The van der Waals surface area contributed by atoms with Crippen molar-refractivity contribution < 1.29 is 18.0 Å². The van der Waals surface area contributed by atoms with Crippen LogP contribution < -0.4 is 0 Å². The molecule has 3 nitrogen and oxygen atoms in total. The van der Waals surface area contributed by atoms with Crippen molar-refractivity contribution >= 4 is 40.2 Å². The predicted octanol–water partition coefficient (Wildman–Crippen LogP) is 3.76. The van der Waals surface area contributed by atoms with E-state index < -0.39 is 12.1 Å². The van der Waals surface area contributed by atoms with Gasteiger partial charge in [0.05, 0.1) is 5.52 Å². The van der Waals surface area contributed by atoms with Gasteiger partial charge in [0.2, 0.25) is 0 Å². The molecule has 0 saturated carbocycles. The number of nitrogens with zero attached hydrogens (tertiary/aromatic N) is 2. The van der Waals surface area contributed by atoms with Crippen LogP contribution in [0.3, 0.4) is 0 Å². The van der Waals surface area contributed by atoms with Crippen molar-refractivity contribution in [3.05, 3.63) is 29.5 Å². The van der Waals surface area contributed by atoms with E-state index in [9.17, 15) is 18.0 Å². The van der Waals surface area contributed by atoms with Gasteiger partial charge in [-0.25, -0.2) is 0 Å². The average Bonchev–Trinajstić information content (AvgIpc) is 2.81. The van der Waals surface area contributed by atoms with E-state index in [1.54, 1.807) is 11.8 Å². The third kappa shape index (κ3) is 2.32. The SMILES string of the molecule is O=C(N1CCc2c(c3cccc4c3n2CC(Cl)S4)C1)C(F)(F)F. The summed E-state index contributed by atoms with van der Waals surface area (Å²) in [6, 6.07) is 5.77. The fourth-order valence-electron chi connectivity index (χ4n) is 3.44. The van der Waals surface area contributed by atoms with E-state index in [2.05, 4.69) is 4.57 Å². The van der Waals surface area contributed by atoms with Crippen LogP contribution >= 0.6 is 23.4 Å². The Kier molecular flexibility index (Phi) is 3.36. The topological polar surface area (TPSA) is 25.2 Å². The van der Waals surface area contributed by atoms with Gasteiger partial charge in [0, 0.05) is 47.6 Å². The number of hydrogen-bond acceptors (Lipinski definition) is 2. The second-order valence-corrected chi connectivity index (χ2v) is 7.72. The van der Waals surface area contributed by atoms with Crippen molar-refractivity contribution in [3.8, 4) is 0 Å². The van der Waals surface area contributed by atoms with Crippen LogP contribution in [0, 0.1) is 0 Å². The van der Waals surface area contributed by atoms with Crippen LogP contribution in [0.15, 0.2) is 23.1 Å². The molecule has 0 N–H and O–H groups in total. The van der Waals surface area contributed by atoms with Crippen molar-refractivity contribution in [1.82, 2.24) is 9.47 Å². The number of alkyl halides is 4. The van der Waals surface area contributed by atoms with E-state index in [1.165, 1.54) is 0 Å². The molecule has 1 atom stereocenters. The summed E-state index contributed by atoms with van der Waals surface area (Å²) in [6.07, 6.45) is -4.41. The Labute approximate surface area is 139 Å². The molecule has 0 aliphatic carbocycles. The van der Waals surface area contributed by atoms with E-state index in [4.69, 9.17) is 11.6 Å². The van der Waals surface area contributed by atoms with Gasteiger partial charge < -0.3 is 9.47 Å². The highest BCUT2D eigenvalue weighted by atomic mass is 35.5. The second kappa shape index (κ2) is 5.08. The van der Waals surface area contributed by atoms with Gasteiger partial charge in [0.15, 0.2) is 0 Å². The van der Waals surface area contributed by atoms with Crippen molar-refractivity contribution in [2.45, 2.75) is 35.3 Å². The predicted molar refractivity (Wildman–Crippen MR) is 82.6 cm³/mol. The summed E-state index contributed by atoms with van der Waals surface area (Å²) >= 11 is 7.86. The summed E-state index contributed by atoms with van der Waals surface area (Å²) in [7, 11) is 0. The van der Waals surface area contributed by atoms with Crippen LogP contribution in [0.5, 0.6) is 0 Å². The molecule has 23 heavy (non-hydrogen) atoms. The molecule has 8 heteroatoms. The Bertz CT molecular complexity index is 817. The number of thioether (sulfide) groups is 1. The van der Waals surface area contributed by atoms with Crippen molar-refractivity contribution in [1.29, 1.82) is 0 Å². The normalized spacial score (nSPS) is 20.7. The fraction of sp³-hybridized carbons (Fsp3) is 0.400. The number of carbonyl (C=O) groups excluding carboxylic acids is 1. The summed E-state index contributed by atoms with van der Waals surface area (Å²) < 4.78 is 40.1. The van der Waals surface area contributed by atoms with Crippen LogP contribution in [0.1, 0.15) is 11.3 Å². The lowest BCUT2D eigenvalue weighted by atomic mass is 10.0. The molecule has 1 aromatic carbocycles. The molecule has 0 spiro atoms. The molecule has 1 amide bonds. The van der Waals surface area contributed by atoms with Gasteiger partial charge in [-0.1, -0.05) is 12.1 Å². The first kappa shape index (κ1) is 15.2. The summed E-state index contributed by atoms with van der Waals surface area (Å²) in [6.45, 7) is 0.706. The van der Waals surface area contributed by atoms with Crippen LogP contribution in [-0.4, -0.2) is 32.8 Å². The highest BCUT2D eigenvalue weighted by Crippen LogP contribution is 2.43. The number of aromatic nitrogens is 1. The van der Waals surface area contributed by atoms with Crippen LogP contribution in [0.4, 0.5) is 13.2 Å². The molecule has 0 saturated heterocycles. The molecule has 122 valence electrons. The maximum atomic E-state index is 12.7. The summed E-state index contributed by atoms with van der Waals surface area (Å²) in [4.78, 5) is 13.5. The van der Waals surface area contributed by atoms with Crippen LogP contribution in [-0.2, 0) is 24.3 Å². The fourth-order valence-corrected chi connectivity index (χ4v) is 4.85. The van der Waals surface area contributed by atoms with Gasteiger partial charge in [-0.2, -0.15) is 13.2 Å². The first-order valence-electron chi connectivity index (χ1n) is 7.16. The summed E-state index contributed by atoms with van der Waals surface area (Å²) in [5.41, 5.74) is 2.85. The van der Waals surface area contributed by atoms with Crippen LogP contribution in [0.25, 0.3) is 10.9 Å². The Morgan fingerprint density at radius 3 is 2.87 bits per heavy atom. The smallest absolute Gasteiger partial charge is 0.341 e. The van der Waals surface area contributed by atoms with E-state index in [0.29, 0.717) is 13.0 Å². The zero-order chi connectivity index (χ0) is 16.4. The quantitative estimate of drug-likeness (QED) is 0.668. The number of rotatable bonds is 0. The summed E-state index contributed by atoms with van der Waals surface area (Å²) in [5.74, 6) is -1.76. The highest BCUT2D eigenvalue weighted by Gasteiger charge is 2.44. The maximum absolute atomic E-state index is 12.7. The van der Waals surface area contributed by atoms with E-state index in [0.717, 1.165) is 32.0 Å². The minimum absolute atomic E-state index is 0.00174. The molecule has 0 radical (unpaired) electrons. The molecule has 0 bridgehead atoms. The third-order valence-corrected chi connectivity index (χ3v) is 5.74. The number of amides is 1. The average molecular weight is 361 g/mol. The second-order valence-electron chi connectivity index (χ2n) is 5.69. The molecule has 1 unspecified atom stereocenters. The number of para-hydroxylation sites is 1. The standard InChI is InChI=1S/C15H12ClF3N2OS/c16-12-7-21-10-4-5-20(14(22)15(17,18)19)6-9(10)8-2-1-3-11(23-12)13(8)21/h1-3,12H,4-7H2. The molecular weight excluding hydrogens is 349 g/mol. The van der Waals surface area contributed by atoms with Gasteiger partial charge in [0.1, 0.15) is 4.71 Å². The van der Waals surface area contributed by atoms with Crippen molar-refractivity contribution in [2.75, 3.05) is 6.54 Å². The van der Waals surface area contributed by atoms with Crippen molar-refractivity contribution in [2.24, 2.45) is 0 Å². The molecule has 2 aliphatic heterocycles. The largest absolute Gasteiger partial charge is 0.471 e. The maximum Gasteiger partial charge on any atom is 0.471 e. The van der Waals surface area contributed by atoms with Gasteiger partial charge in [-0.15, -0.1) is 23.4 Å². The first-order valence-corrected chi connectivity index (χ1v) is 8.47. The molecule has 4 rings (SSSR count). The Morgan fingerprint density at radius 2 is 2.13 bits per heavy atom. The molecular formula is C15H12ClF3N2OS. The Morgan fingerprint density at radius 1 is 1.35 bits per heavy atom. The number of carbonyl (C=O) groups is 1. The lowest BCUT2D eigenvalue weighted by molar-refractivity contribution is -0.186. The number of benzene rings is 1. The summed E-state index contributed by atoms with van der Waals surface area (Å²) in [5, 5.41) is 0.924. The highest BCUT2D eigenvalue weighted by molar-refractivity contribution is 8.01. The minimum atomic E-state index is -4.83. The monoisotopic (exact) mass is 360 g/mol.